The van der Waals surface area contributed by atoms with Crippen LogP contribution in [0.3, 0.4) is 0 Å². The van der Waals surface area contributed by atoms with E-state index in [9.17, 15) is 14.7 Å². The highest BCUT2D eigenvalue weighted by atomic mass is 16.3. The number of hydrogen-bond acceptors (Lipinski definition) is 7. The summed E-state index contributed by atoms with van der Waals surface area (Å²) >= 11 is 0. The average Bonchev–Trinajstić information content (AvgIpc) is 3.57. The van der Waals surface area contributed by atoms with E-state index in [1.165, 1.54) is 40.9 Å². The molecule has 3 aliphatic heterocycles. The Morgan fingerprint density at radius 2 is 1.82 bits per heavy atom. The molecule has 0 unspecified atom stereocenters. The molecule has 1 N–H and O–H groups in total. The Balaban J connectivity index is 1.17. The van der Waals surface area contributed by atoms with Gasteiger partial charge in [0.2, 0.25) is 0 Å². The van der Waals surface area contributed by atoms with Gasteiger partial charge in [-0.1, -0.05) is 0 Å². The molecule has 0 bridgehead atoms. The van der Waals surface area contributed by atoms with Crippen LogP contribution in [0.1, 0.15) is 25.7 Å². The molecule has 0 spiro atoms. The number of rotatable bonds is 4. The number of piperazine rings is 1. The van der Waals surface area contributed by atoms with Crippen LogP contribution < -0.4 is 10.5 Å². The molecule has 11 nitrogen and oxygen atoms in total. The molecular formula is C27H36N8O3. The van der Waals surface area contributed by atoms with E-state index in [1.54, 1.807) is 29.9 Å². The summed E-state index contributed by atoms with van der Waals surface area (Å²) in [5, 5.41) is 16.0. The van der Waals surface area contributed by atoms with Gasteiger partial charge in [-0.15, -0.1) is 0 Å². The average molecular weight is 521 g/mol. The molecule has 2 aromatic heterocycles. The fraction of sp³-hybridized carbons (Fsp3) is 0.556. The van der Waals surface area contributed by atoms with Gasteiger partial charge in [0.25, 0.3) is 5.56 Å². The topological polar surface area (TPSA) is 103 Å². The number of aliphatic hydroxyl groups is 1. The monoisotopic (exact) mass is 520 g/mol. The SMILES string of the molecule is CN(C)C(=O)N1CCC(O)(Cn2cnc3c(cnn3-c3ccc(N4CCN5CCC[C@H]5C4)cc3)c2=O)CC1. The number of likely N-dealkylation sites (tertiary alicyclic amines) is 1. The number of carbonyl (C=O) groups excluding carboxylic acids is 1. The Morgan fingerprint density at radius 1 is 1.08 bits per heavy atom. The van der Waals surface area contributed by atoms with Crippen LogP contribution in [0.4, 0.5) is 10.5 Å². The second-order valence-electron chi connectivity index (χ2n) is 11.2. The Bertz CT molecular complexity index is 1370. The molecule has 0 radical (unpaired) electrons. The van der Waals surface area contributed by atoms with Crippen molar-refractivity contribution in [1.82, 2.24) is 34.0 Å². The number of amides is 2. The molecule has 6 rings (SSSR count). The molecule has 38 heavy (non-hydrogen) atoms. The van der Waals surface area contributed by atoms with E-state index < -0.39 is 5.60 Å². The van der Waals surface area contributed by atoms with Crippen LogP contribution in [0.2, 0.25) is 0 Å². The first kappa shape index (κ1) is 24.9. The zero-order valence-corrected chi connectivity index (χ0v) is 22.2. The van der Waals surface area contributed by atoms with Gasteiger partial charge in [-0.05, 0) is 56.5 Å². The van der Waals surface area contributed by atoms with Crippen LogP contribution in [0.15, 0.2) is 41.6 Å². The van der Waals surface area contributed by atoms with Crippen molar-refractivity contribution in [3.8, 4) is 5.69 Å². The summed E-state index contributed by atoms with van der Waals surface area (Å²) in [4.78, 5) is 38.4. The Hall–Kier alpha value is -3.44. The van der Waals surface area contributed by atoms with Crippen LogP contribution in [-0.4, -0.2) is 110 Å². The summed E-state index contributed by atoms with van der Waals surface area (Å²) in [6.45, 7) is 5.49. The van der Waals surface area contributed by atoms with Gasteiger partial charge < -0.3 is 19.8 Å². The van der Waals surface area contributed by atoms with Crippen molar-refractivity contribution in [3.05, 3.63) is 47.1 Å². The summed E-state index contributed by atoms with van der Waals surface area (Å²) in [7, 11) is 3.44. The highest BCUT2D eigenvalue weighted by Gasteiger charge is 2.35. The first-order chi connectivity index (χ1) is 18.3. The molecule has 11 heteroatoms. The number of piperidine rings is 1. The zero-order valence-electron chi connectivity index (χ0n) is 22.2. The smallest absolute Gasteiger partial charge is 0.319 e. The van der Waals surface area contributed by atoms with Gasteiger partial charge in [0.1, 0.15) is 11.7 Å². The minimum Gasteiger partial charge on any atom is -0.388 e. The van der Waals surface area contributed by atoms with Gasteiger partial charge in [0, 0.05) is 58.5 Å². The van der Waals surface area contributed by atoms with E-state index in [1.807, 2.05) is 12.1 Å². The highest BCUT2D eigenvalue weighted by molar-refractivity contribution is 5.75. The first-order valence-corrected chi connectivity index (χ1v) is 13.5. The minimum absolute atomic E-state index is 0.0656. The number of fused-ring (bicyclic) bond motifs is 2. The van der Waals surface area contributed by atoms with Gasteiger partial charge in [-0.3, -0.25) is 14.3 Å². The van der Waals surface area contributed by atoms with Crippen LogP contribution in [0, 0.1) is 0 Å². The van der Waals surface area contributed by atoms with Gasteiger partial charge in [-0.2, -0.15) is 5.10 Å². The lowest BCUT2D eigenvalue weighted by molar-refractivity contribution is -0.0282. The summed E-state index contributed by atoms with van der Waals surface area (Å²) in [6, 6.07) is 8.90. The van der Waals surface area contributed by atoms with Gasteiger partial charge in [0.15, 0.2) is 5.65 Å². The Labute approximate surface area is 221 Å². The number of carbonyl (C=O) groups is 1. The van der Waals surface area contributed by atoms with Crippen molar-refractivity contribution in [2.75, 3.05) is 58.3 Å². The molecule has 0 aliphatic carbocycles. The molecule has 2 amide bonds. The lowest BCUT2D eigenvalue weighted by atomic mass is 9.91. The third-order valence-corrected chi connectivity index (χ3v) is 8.41. The Kier molecular flexibility index (Phi) is 6.35. The maximum Gasteiger partial charge on any atom is 0.319 e. The third kappa shape index (κ3) is 4.54. The largest absolute Gasteiger partial charge is 0.388 e. The lowest BCUT2D eigenvalue weighted by Gasteiger charge is -2.39. The number of urea groups is 1. The molecule has 3 saturated heterocycles. The normalized spacial score (nSPS) is 21.6. The fourth-order valence-corrected chi connectivity index (χ4v) is 6.15. The maximum absolute atomic E-state index is 13.3. The maximum atomic E-state index is 13.3. The number of aromatic nitrogens is 4. The zero-order chi connectivity index (χ0) is 26.4. The second-order valence-corrected chi connectivity index (χ2v) is 11.2. The van der Waals surface area contributed by atoms with Crippen LogP contribution in [0.25, 0.3) is 16.7 Å². The molecule has 3 aliphatic rings. The molecule has 1 aromatic carbocycles. The van der Waals surface area contributed by atoms with Crippen molar-refractivity contribution < 1.29 is 9.90 Å². The predicted molar refractivity (Wildman–Crippen MR) is 145 cm³/mol. The predicted octanol–water partition coefficient (Wildman–Crippen LogP) is 1.38. The van der Waals surface area contributed by atoms with Crippen molar-refractivity contribution in [2.24, 2.45) is 0 Å². The van der Waals surface area contributed by atoms with E-state index in [0.29, 0.717) is 43.0 Å². The molecule has 3 aromatic rings. The van der Waals surface area contributed by atoms with E-state index >= 15 is 0 Å². The highest BCUT2D eigenvalue weighted by Crippen LogP contribution is 2.27. The van der Waals surface area contributed by atoms with Gasteiger partial charge >= 0.3 is 6.03 Å². The number of anilines is 1. The molecule has 0 saturated carbocycles. The van der Waals surface area contributed by atoms with Crippen molar-refractivity contribution >= 4 is 22.8 Å². The quantitative estimate of drug-likeness (QED) is 0.554. The van der Waals surface area contributed by atoms with Gasteiger partial charge in [0.05, 0.1) is 24.0 Å². The van der Waals surface area contributed by atoms with Crippen LogP contribution in [-0.2, 0) is 6.54 Å². The van der Waals surface area contributed by atoms with Crippen LogP contribution >= 0.6 is 0 Å². The van der Waals surface area contributed by atoms with E-state index in [4.69, 9.17) is 0 Å². The minimum atomic E-state index is -1.07. The summed E-state index contributed by atoms with van der Waals surface area (Å²) in [6.07, 6.45) is 6.43. The number of benzene rings is 1. The first-order valence-electron chi connectivity index (χ1n) is 13.5. The summed E-state index contributed by atoms with van der Waals surface area (Å²) in [5.41, 5.74) is 1.26. The van der Waals surface area contributed by atoms with E-state index in [-0.39, 0.29) is 18.1 Å². The number of nitrogens with zero attached hydrogens (tertiary/aromatic N) is 8. The molecule has 1 atom stereocenters. The second kappa shape index (κ2) is 9.70. The van der Waals surface area contributed by atoms with Crippen molar-refractivity contribution in [1.29, 1.82) is 0 Å². The number of hydrogen-bond donors (Lipinski definition) is 1. The van der Waals surface area contributed by atoms with E-state index in [2.05, 4.69) is 32.0 Å². The standard InChI is InChI=1S/C27H36N8O3/c1-30(2)26(37)32-12-9-27(38,10-13-32)18-34-19-28-24-23(25(34)36)16-29-35(24)21-7-5-20(6-8-21)33-15-14-31-11-3-4-22(31)17-33/h5-8,16,19,22,38H,3-4,9-15,17-18H2,1-2H3/t22-/m0/s1. The Morgan fingerprint density at radius 3 is 2.55 bits per heavy atom. The summed E-state index contributed by atoms with van der Waals surface area (Å²) in [5.74, 6) is 0. The van der Waals surface area contributed by atoms with Gasteiger partial charge in [-0.25, -0.2) is 14.5 Å². The third-order valence-electron chi connectivity index (χ3n) is 8.41. The van der Waals surface area contributed by atoms with Crippen LogP contribution in [0.5, 0.6) is 0 Å². The van der Waals surface area contributed by atoms with E-state index in [0.717, 1.165) is 25.3 Å². The molecular weight excluding hydrogens is 484 g/mol. The molecule has 202 valence electrons. The van der Waals surface area contributed by atoms with Crippen molar-refractivity contribution in [3.63, 3.8) is 0 Å². The molecule has 5 heterocycles. The summed E-state index contributed by atoms with van der Waals surface area (Å²) < 4.78 is 3.16. The van der Waals surface area contributed by atoms with Crippen molar-refractivity contribution in [2.45, 2.75) is 43.9 Å². The fourth-order valence-electron chi connectivity index (χ4n) is 6.15. The lowest BCUT2D eigenvalue weighted by Crippen LogP contribution is -2.51. The molecule has 3 fully saturated rings.